The molecule has 0 bridgehead atoms. The van der Waals surface area contributed by atoms with E-state index in [2.05, 4.69) is 20.4 Å². The predicted octanol–water partition coefficient (Wildman–Crippen LogP) is 5.07. The van der Waals surface area contributed by atoms with E-state index in [0.717, 1.165) is 51.5 Å². The van der Waals surface area contributed by atoms with Gasteiger partial charge < -0.3 is 15.4 Å². The Morgan fingerprint density at radius 2 is 1.92 bits per heavy atom. The van der Waals surface area contributed by atoms with Crippen LogP contribution in [0.4, 0.5) is 18.9 Å². The number of hydrogen-bond acceptors (Lipinski definition) is 7. The first kappa shape index (κ1) is 27.4. The smallest absolute Gasteiger partial charge is 0.405 e. The maximum Gasteiger partial charge on any atom is 0.573 e. The monoisotopic (exact) mass is 554 g/mol. The molecule has 1 aliphatic rings. The summed E-state index contributed by atoms with van der Waals surface area (Å²) in [5, 5.41) is 6.85. The van der Waals surface area contributed by atoms with Gasteiger partial charge in [-0.2, -0.15) is 8.42 Å². The average molecular weight is 555 g/mol. The number of benzene rings is 2. The van der Waals surface area contributed by atoms with Crippen LogP contribution in [0, 0.1) is 13.8 Å². The molecule has 200 valence electrons. The van der Waals surface area contributed by atoms with E-state index >= 15 is 0 Å². The zero-order valence-electron chi connectivity index (χ0n) is 20.7. The van der Waals surface area contributed by atoms with Crippen molar-refractivity contribution < 1.29 is 26.3 Å². The lowest BCUT2D eigenvalue weighted by molar-refractivity contribution is -0.274. The number of nitrogens with zero attached hydrogens (tertiary/aromatic N) is 2. The molecule has 2 heterocycles. The van der Waals surface area contributed by atoms with Gasteiger partial charge in [-0.15, -0.1) is 24.5 Å². The van der Waals surface area contributed by atoms with Crippen molar-refractivity contribution in [3.05, 3.63) is 70.2 Å². The number of rotatable bonds is 8. The highest BCUT2D eigenvalue weighted by molar-refractivity contribution is 7.94. The summed E-state index contributed by atoms with van der Waals surface area (Å²) in [5.74, 6) is -0.379. The fourth-order valence-corrected chi connectivity index (χ4v) is 6.94. The van der Waals surface area contributed by atoms with Gasteiger partial charge in [-0.3, -0.25) is 4.31 Å². The number of piperidine rings is 1. The van der Waals surface area contributed by atoms with Gasteiger partial charge in [-0.25, -0.2) is 4.98 Å². The van der Waals surface area contributed by atoms with Gasteiger partial charge in [-0.1, -0.05) is 30.3 Å². The third kappa shape index (κ3) is 6.43. The molecule has 0 aliphatic carbocycles. The topological polar surface area (TPSA) is 83.6 Å². The lowest BCUT2D eigenvalue weighted by atomic mass is 9.92. The van der Waals surface area contributed by atoms with Gasteiger partial charge in [-0.05, 0) is 57.0 Å². The Labute approximate surface area is 218 Å². The fraction of sp³-hybridized carbons (Fsp3) is 0.400. The molecule has 4 rings (SSSR count). The number of aryl methyl sites for hydroxylation is 2. The Morgan fingerprint density at radius 3 is 2.57 bits per heavy atom. The summed E-state index contributed by atoms with van der Waals surface area (Å²) in [6, 6.07) is 13.7. The van der Waals surface area contributed by atoms with Gasteiger partial charge in [0.2, 0.25) is 4.34 Å². The molecule has 0 spiro atoms. The summed E-state index contributed by atoms with van der Waals surface area (Å²) in [7, 11) is -2.64. The Hall–Kier alpha value is -2.67. The van der Waals surface area contributed by atoms with Gasteiger partial charge >= 0.3 is 6.36 Å². The summed E-state index contributed by atoms with van der Waals surface area (Å²) in [6.45, 7) is 4.40. The van der Waals surface area contributed by atoms with Crippen molar-refractivity contribution in [2.75, 3.05) is 17.9 Å². The van der Waals surface area contributed by atoms with Crippen LogP contribution in [0.25, 0.3) is 0 Å². The third-order valence-electron chi connectivity index (χ3n) is 6.40. The minimum Gasteiger partial charge on any atom is -0.405 e. The molecule has 12 heteroatoms. The van der Waals surface area contributed by atoms with Crippen molar-refractivity contribution in [3.8, 4) is 5.75 Å². The number of hydrogen-bond donors (Lipinski definition) is 2. The third-order valence-corrected chi connectivity index (χ3v) is 9.61. The van der Waals surface area contributed by atoms with Crippen LogP contribution in [0.15, 0.2) is 52.9 Å². The van der Waals surface area contributed by atoms with Crippen LogP contribution in [0.5, 0.6) is 5.75 Å². The molecule has 2 atom stereocenters. The van der Waals surface area contributed by atoms with Crippen molar-refractivity contribution in [2.45, 2.75) is 56.0 Å². The molecule has 0 saturated carbocycles. The lowest BCUT2D eigenvalue weighted by Gasteiger charge is -2.34. The number of alkyl halides is 3. The molecule has 1 saturated heterocycles. The van der Waals surface area contributed by atoms with Crippen LogP contribution >= 0.6 is 11.3 Å². The zero-order chi connectivity index (χ0) is 26.8. The second kappa shape index (κ2) is 11.0. The summed E-state index contributed by atoms with van der Waals surface area (Å²) in [5.41, 5.74) is 2.10. The second-order valence-corrected chi connectivity index (χ2v) is 12.3. The number of halogens is 3. The van der Waals surface area contributed by atoms with E-state index in [4.69, 9.17) is 0 Å². The van der Waals surface area contributed by atoms with E-state index in [1.165, 1.54) is 19.2 Å². The Bertz CT molecular complexity index is 1310. The molecule has 0 unspecified atom stereocenters. The van der Waals surface area contributed by atoms with Crippen molar-refractivity contribution in [1.29, 1.82) is 0 Å². The van der Waals surface area contributed by atoms with Crippen LogP contribution in [0.1, 0.15) is 40.6 Å². The molecule has 7 nitrogen and oxygen atoms in total. The molecule has 1 fully saturated rings. The summed E-state index contributed by atoms with van der Waals surface area (Å²) < 4.78 is 71.0. The van der Waals surface area contributed by atoms with Gasteiger partial charge in [0, 0.05) is 36.1 Å². The van der Waals surface area contributed by atoms with E-state index < -0.39 is 16.4 Å². The number of aromatic nitrogens is 1. The second-order valence-electron chi connectivity index (χ2n) is 8.91. The Morgan fingerprint density at radius 1 is 1.19 bits per heavy atom. The highest BCUT2D eigenvalue weighted by Crippen LogP contribution is 2.33. The van der Waals surface area contributed by atoms with Crippen LogP contribution in [-0.4, -0.2) is 39.4 Å². The summed E-state index contributed by atoms with van der Waals surface area (Å²) in [4.78, 5) is 4.93. The maximum absolute atomic E-state index is 13.2. The fourth-order valence-electron chi connectivity index (χ4n) is 4.29. The summed E-state index contributed by atoms with van der Waals surface area (Å²) >= 11 is 1.05. The average Bonchev–Trinajstić information content (AvgIpc) is 3.21. The molecule has 2 aromatic carbocycles. The van der Waals surface area contributed by atoms with Crippen molar-refractivity contribution in [2.24, 2.45) is 0 Å². The van der Waals surface area contributed by atoms with Crippen LogP contribution in [-0.2, 0) is 16.6 Å². The number of sulfonamides is 1. The minimum atomic E-state index is -4.89. The van der Waals surface area contributed by atoms with Crippen LogP contribution < -0.4 is 19.7 Å². The zero-order valence-corrected chi connectivity index (χ0v) is 22.3. The van der Waals surface area contributed by atoms with Crippen molar-refractivity contribution >= 4 is 27.0 Å². The predicted molar refractivity (Wildman–Crippen MR) is 137 cm³/mol. The van der Waals surface area contributed by atoms with E-state index in [9.17, 15) is 21.6 Å². The molecule has 3 aromatic rings. The first-order valence-electron chi connectivity index (χ1n) is 11.8. The molecule has 1 aliphatic heterocycles. The van der Waals surface area contributed by atoms with E-state index in [1.54, 1.807) is 13.8 Å². The normalized spacial score (nSPS) is 18.5. The van der Waals surface area contributed by atoms with Gasteiger partial charge in [0.15, 0.2) is 0 Å². The molecule has 2 N–H and O–H groups in total. The largest absolute Gasteiger partial charge is 0.573 e. The number of ether oxygens (including phenoxy) is 1. The number of anilines is 1. The van der Waals surface area contributed by atoms with Crippen LogP contribution in [0.3, 0.4) is 0 Å². The first-order valence-corrected chi connectivity index (χ1v) is 14.0. The Balaban J connectivity index is 1.61. The molecule has 0 amide bonds. The number of thiazole rings is 1. The van der Waals surface area contributed by atoms with E-state index in [-0.39, 0.29) is 40.0 Å². The molecule has 37 heavy (non-hydrogen) atoms. The van der Waals surface area contributed by atoms with Crippen LogP contribution in [0.2, 0.25) is 0 Å². The van der Waals surface area contributed by atoms with Gasteiger partial charge in [0.1, 0.15) is 5.75 Å². The lowest BCUT2D eigenvalue weighted by Crippen LogP contribution is -2.45. The van der Waals surface area contributed by atoms with Gasteiger partial charge in [0.05, 0.1) is 11.4 Å². The van der Waals surface area contributed by atoms with E-state index in [1.807, 2.05) is 30.3 Å². The molecular formula is C25H29F3N4O3S2. The first-order chi connectivity index (χ1) is 17.5. The molecule has 0 radical (unpaired) electrons. The van der Waals surface area contributed by atoms with Crippen molar-refractivity contribution in [3.63, 3.8) is 0 Å². The maximum atomic E-state index is 13.2. The minimum absolute atomic E-state index is 0.00968. The standard InChI is InChI=1S/C25H29F3N4O3S2/c1-16-17(2)36-24(31-16)37(33,34)32(3)20-11-12-22(35-25(26,27)28)19(14-20)15-30-21-10-7-13-29-23(21)18-8-5-4-6-9-18/h4-6,8-9,11-12,14,21,23,29-30H,7,10,13,15H2,1-3H3/t21-,23-/m0/s1. The highest BCUT2D eigenvalue weighted by atomic mass is 32.2. The Kier molecular flexibility index (Phi) is 8.12. The molecule has 1 aromatic heterocycles. The van der Waals surface area contributed by atoms with Crippen molar-refractivity contribution in [1.82, 2.24) is 15.6 Å². The SMILES string of the molecule is Cc1nc(S(=O)(=O)N(C)c2ccc(OC(F)(F)F)c(CN[C@H]3CCCN[C@H]3c3ccccc3)c2)sc1C. The van der Waals surface area contributed by atoms with E-state index in [0.29, 0.717) is 5.69 Å². The quantitative estimate of drug-likeness (QED) is 0.405. The highest BCUT2D eigenvalue weighted by Gasteiger charge is 2.33. The van der Waals surface area contributed by atoms with Gasteiger partial charge in [0.25, 0.3) is 10.0 Å². The summed E-state index contributed by atoms with van der Waals surface area (Å²) in [6.07, 6.45) is -3.14. The molecular weight excluding hydrogens is 525 g/mol. The number of nitrogens with one attached hydrogen (secondary N) is 2.